The molecule has 1 N–H and O–H groups in total. The molecule has 144 valence electrons. The van der Waals surface area contributed by atoms with Crippen LogP contribution in [0, 0.1) is 5.82 Å². The van der Waals surface area contributed by atoms with Gasteiger partial charge in [-0.1, -0.05) is 6.07 Å². The molecule has 0 saturated carbocycles. The zero-order valence-electron chi connectivity index (χ0n) is 15.1. The molecule has 27 heavy (non-hydrogen) atoms. The van der Waals surface area contributed by atoms with E-state index in [-0.39, 0.29) is 23.5 Å². The van der Waals surface area contributed by atoms with Crippen molar-refractivity contribution in [3.05, 3.63) is 64.8 Å². The summed E-state index contributed by atoms with van der Waals surface area (Å²) in [4.78, 5) is 25.6. The number of urea groups is 1. The van der Waals surface area contributed by atoms with Gasteiger partial charge in [-0.05, 0) is 36.8 Å². The molecule has 2 aromatic rings. The molecule has 1 aliphatic heterocycles. The molecule has 1 aromatic heterocycles. The lowest BCUT2D eigenvalue weighted by molar-refractivity contribution is 0.111. The zero-order chi connectivity index (χ0) is 19.1. The van der Waals surface area contributed by atoms with Crippen molar-refractivity contribution in [1.29, 1.82) is 0 Å². The number of pyridine rings is 1. The third-order valence-corrected chi connectivity index (χ3v) is 4.60. The van der Waals surface area contributed by atoms with Gasteiger partial charge in [0, 0.05) is 51.3 Å². The molecule has 6 nitrogen and oxygen atoms in total. The van der Waals surface area contributed by atoms with Gasteiger partial charge in [0.2, 0.25) is 5.56 Å². The Morgan fingerprint density at radius 3 is 2.59 bits per heavy atom. The Kier molecular flexibility index (Phi) is 6.46. The second-order valence-electron chi connectivity index (χ2n) is 6.58. The Morgan fingerprint density at radius 1 is 1.15 bits per heavy atom. The number of amides is 2. The van der Waals surface area contributed by atoms with Crippen LogP contribution in [0.5, 0.6) is 5.75 Å². The molecule has 2 heterocycles. The molecule has 0 atom stereocenters. The Morgan fingerprint density at radius 2 is 1.89 bits per heavy atom. The first-order valence-corrected chi connectivity index (χ1v) is 9.22. The summed E-state index contributed by atoms with van der Waals surface area (Å²) >= 11 is 0. The number of benzene rings is 1. The van der Waals surface area contributed by atoms with Gasteiger partial charge in [0.15, 0.2) is 0 Å². The fraction of sp³-hybridized carbons (Fsp3) is 0.400. The minimum atomic E-state index is -0.286. The SMILES string of the molecule is O=C(NCCCn1ccccc1=O)N1CCC(Oc2ccc(F)cc2)CC1. The van der Waals surface area contributed by atoms with Crippen molar-refractivity contribution in [2.24, 2.45) is 0 Å². The van der Waals surface area contributed by atoms with Crippen LogP contribution in [0.2, 0.25) is 0 Å². The summed E-state index contributed by atoms with van der Waals surface area (Å²) in [6, 6.07) is 11.0. The lowest BCUT2D eigenvalue weighted by atomic mass is 10.1. The highest BCUT2D eigenvalue weighted by Crippen LogP contribution is 2.19. The zero-order valence-corrected chi connectivity index (χ0v) is 15.1. The van der Waals surface area contributed by atoms with Crippen molar-refractivity contribution in [3.8, 4) is 5.75 Å². The highest BCUT2D eigenvalue weighted by atomic mass is 19.1. The minimum absolute atomic E-state index is 0.0319. The third kappa shape index (κ3) is 5.57. The van der Waals surface area contributed by atoms with E-state index in [1.54, 1.807) is 33.9 Å². The molecular formula is C20H24FN3O3. The van der Waals surface area contributed by atoms with Crippen LogP contribution in [0.15, 0.2) is 53.5 Å². The normalized spacial score (nSPS) is 14.8. The highest BCUT2D eigenvalue weighted by molar-refractivity contribution is 5.74. The smallest absolute Gasteiger partial charge is 0.317 e. The monoisotopic (exact) mass is 373 g/mol. The molecule has 0 spiro atoms. The number of carbonyl (C=O) groups excluding carboxylic acids is 1. The van der Waals surface area contributed by atoms with E-state index in [1.165, 1.54) is 18.2 Å². The molecule has 1 fully saturated rings. The lowest BCUT2D eigenvalue weighted by Gasteiger charge is -2.32. The second kappa shape index (κ2) is 9.21. The third-order valence-electron chi connectivity index (χ3n) is 4.60. The van der Waals surface area contributed by atoms with E-state index in [0.29, 0.717) is 38.3 Å². The number of nitrogens with one attached hydrogen (secondary N) is 1. The molecule has 3 rings (SSSR count). The van der Waals surface area contributed by atoms with E-state index in [2.05, 4.69) is 5.32 Å². The predicted octanol–water partition coefficient (Wildman–Crippen LogP) is 2.63. The molecule has 0 bridgehead atoms. The summed E-state index contributed by atoms with van der Waals surface area (Å²) < 4.78 is 20.4. The number of likely N-dealkylation sites (tertiary alicyclic amines) is 1. The summed E-state index contributed by atoms with van der Waals surface area (Å²) in [7, 11) is 0. The number of piperidine rings is 1. The van der Waals surface area contributed by atoms with Crippen molar-refractivity contribution in [2.75, 3.05) is 19.6 Å². The Labute approximate surface area is 157 Å². The predicted molar refractivity (Wildman–Crippen MR) is 100 cm³/mol. The number of halogens is 1. The maximum Gasteiger partial charge on any atom is 0.317 e. The Bertz CT molecular complexity index is 799. The fourth-order valence-corrected chi connectivity index (χ4v) is 3.08. The van der Waals surface area contributed by atoms with Crippen molar-refractivity contribution in [3.63, 3.8) is 0 Å². The lowest BCUT2D eigenvalue weighted by Crippen LogP contribution is -2.46. The van der Waals surface area contributed by atoms with Crippen LogP contribution >= 0.6 is 0 Å². The van der Waals surface area contributed by atoms with Crippen molar-refractivity contribution in [1.82, 2.24) is 14.8 Å². The number of hydrogen-bond acceptors (Lipinski definition) is 3. The average Bonchev–Trinajstić information content (AvgIpc) is 2.69. The van der Waals surface area contributed by atoms with Gasteiger partial charge in [-0.2, -0.15) is 0 Å². The van der Waals surface area contributed by atoms with E-state index < -0.39 is 0 Å². The fourth-order valence-electron chi connectivity index (χ4n) is 3.08. The van der Waals surface area contributed by atoms with Crippen LogP contribution < -0.4 is 15.6 Å². The number of carbonyl (C=O) groups is 1. The van der Waals surface area contributed by atoms with Gasteiger partial charge in [0.1, 0.15) is 17.7 Å². The number of nitrogens with zero attached hydrogens (tertiary/aromatic N) is 2. The van der Waals surface area contributed by atoms with Crippen LogP contribution in [-0.4, -0.2) is 41.2 Å². The summed E-state index contributed by atoms with van der Waals surface area (Å²) in [5, 5.41) is 2.90. The molecule has 1 saturated heterocycles. The van der Waals surface area contributed by atoms with Crippen LogP contribution in [0.25, 0.3) is 0 Å². The Hall–Kier alpha value is -2.83. The number of aryl methyl sites for hydroxylation is 1. The largest absolute Gasteiger partial charge is 0.490 e. The van der Waals surface area contributed by atoms with Gasteiger partial charge in [-0.3, -0.25) is 4.79 Å². The van der Waals surface area contributed by atoms with Gasteiger partial charge < -0.3 is 19.5 Å². The number of hydrogen-bond donors (Lipinski definition) is 1. The summed E-state index contributed by atoms with van der Waals surface area (Å²) in [5.74, 6) is 0.362. The van der Waals surface area contributed by atoms with Crippen LogP contribution in [0.1, 0.15) is 19.3 Å². The van der Waals surface area contributed by atoms with Gasteiger partial charge in [0.25, 0.3) is 0 Å². The molecule has 7 heteroatoms. The van der Waals surface area contributed by atoms with E-state index in [1.807, 2.05) is 6.07 Å². The Balaban J connectivity index is 1.35. The van der Waals surface area contributed by atoms with Gasteiger partial charge in [0.05, 0.1) is 0 Å². The van der Waals surface area contributed by atoms with Crippen LogP contribution in [0.4, 0.5) is 9.18 Å². The molecular weight excluding hydrogens is 349 g/mol. The number of aromatic nitrogens is 1. The van der Waals surface area contributed by atoms with Crippen LogP contribution in [-0.2, 0) is 6.54 Å². The van der Waals surface area contributed by atoms with Crippen LogP contribution in [0.3, 0.4) is 0 Å². The van der Waals surface area contributed by atoms with E-state index in [4.69, 9.17) is 4.74 Å². The number of rotatable bonds is 6. The first-order valence-electron chi connectivity index (χ1n) is 9.22. The number of ether oxygens (including phenoxy) is 1. The quantitative estimate of drug-likeness (QED) is 0.792. The molecule has 2 amide bonds. The first kappa shape index (κ1) is 18.9. The average molecular weight is 373 g/mol. The van der Waals surface area contributed by atoms with Crippen molar-refractivity contribution in [2.45, 2.75) is 31.9 Å². The first-order chi connectivity index (χ1) is 13.1. The van der Waals surface area contributed by atoms with E-state index >= 15 is 0 Å². The summed E-state index contributed by atoms with van der Waals surface area (Å²) in [6.45, 7) is 2.34. The van der Waals surface area contributed by atoms with Gasteiger partial charge >= 0.3 is 6.03 Å². The van der Waals surface area contributed by atoms with E-state index in [0.717, 1.165) is 12.8 Å². The van der Waals surface area contributed by atoms with Crippen molar-refractivity contribution >= 4 is 6.03 Å². The molecule has 1 aliphatic rings. The van der Waals surface area contributed by atoms with Crippen molar-refractivity contribution < 1.29 is 13.9 Å². The maximum absolute atomic E-state index is 12.9. The molecule has 0 radical (unpaired) electrons. The van der Waals surface area contributed by atoms with Gasteiger partial charge in [-0.15, -0.1) is 0 Å². The molecule has 0 unspecified atom stereocenters. The second-order valence-corrected chi connectivity index (χ2v) is 6.58. The molecule has 0 aliphatic carbocycles. The van der Waals surface area contributed by atoms with E-state index in [9.17, 15) is 14.0 Å². The minimum Gasteiger partial charge on any atom is -0.490 e. The summed E-state index contributed by atoms with van der Waals surface area (Å²) in [5.41, 5.74) is -0.0351. The molecule has 1 aromatic carbocycles. The summed E-state index contributed by atoms with van der Waals surface area (Å²) in [6.07, 6.45) is 3.95. The highest BCUT2D eigenvalue weighted by Gasteiger charge is 2.23. The van der Waals surface area contributed by atoms with Gasteiger partial charge in [-0.25, -0.2) is 9.18 Å². The maximum atomic E-state index is 12.9. The topological polar surface area (TPSA) is 63.6 Å². The standard InChI is InChI=1S/C20H24FN3O3/c21-16-5-7-17(8-6-16)27-18-9-14-24(15-10-18)20(26)22-11-3-13-23-12-2-1-4-19(23)25/h1-2,4-8,12,18H,3,9-11,13-15H2,(H,22,26).